The predicted octanol–water partition coefficient (Wildman–Crippen LogP) is 3.57. The van der Waals surface area contributed by atoms with Gasteiger partial charge in [0.2, 0.25) is 5.95 Å². The van der Waals surface area contributed by atoms with Crippen LogP contribution in [0.1, 0.15) is 24.1 Å². The Balaban J connectivity index is 1.62. The summed E-state index contributed by atoms with van der Waals surface area (Å²) in [5.74, 6) is 0.326. The van der Waals surface area contributed by atoms with Gasteiger partial charge in [-0.2, -0.15) is 28.4 Å². The summed E-state index contributed by atoms with van der Waals surface area (Å²) in [5.41, 5.74) is 3.57. The van der Waals surface area contributed by atoms with Crippen molar-refractivity contribution in [2.24, 2.45) is 0 Å². The number of nitrogens with zero attached hydrogens (tertiary/aromatic N) is 7. The van der Waals surface area contributed by atoms with Gasteiger partial charge >= 0.3 is 6.18 Å². The minimum absolute atomic E-state index is 0.0610. The molecule has 0 amide bonds. The Labute approximate surface area is 157 Å². The Morgan fingerprint density at radius 1 is 1.18 bits per heavy atom. The molecule has 0 radical (unpaired) electrons. The molecule has 0 aliphatic carbocycles. The summed E-state index contributed by atoms with van der Waals surface area (Å²) in [6, 6.07) is 1.87. The number of nitrogens with one attached hydrogen (secondary N) is 1. The minimum atomic E-state index is -4.18. The Hall–Kier alpha value is -3.24. The monoisotopic (exact) mass is 390 g/mol. The predicted molar refractivity (Wildman–Crippen MR) is 96.4 cm³/mol. The fraction of sp³-hybridized carbons (Fsp3) is 0.353. The summed E-state index contributed by atoms with van der Waals surface area (Å²) >= 11 is 0. The number of halogens is 3. The number of rotatable bonds is 5. The van der Waals surface area contributed by atoms with E-state index in [0.29, 0.717) is 22.7 Å². The Morgan fingerprint density at radius 2 is 2.00 bits per heavy atom. The first-order chi connectivity index (χ1) is 13.3. The lowest BCUT2D eigenvalue weighted by Gasteiger charge is -2.09. The zero-order chi connectivity index (χ0) is 19.9. The van der Waals surface area contributed by atoms with Gasteiger partial charge in [-0.05, 0) is 31.9 Å². The molecule has 0 aliphatic heterocycles. The molecule has 28 heavy (non-hydrogen) atoms. The van der Waals surface area contributed by atoms with E-state index >= 15 is 0 Å². The smallest absolute Gasteiger partial charge is 0.323 e. The number of aromatic nitrogens is 7. The number of hydrogen-bond acceptors (Lipinski definition) is 6. The van der Waals surface area contributed by atoms with Gasteiger partial charge in [0, 0.05) is 19.2 Å². The average Bonchev–Trinajstić information content (AvgIpc) is 3.18. The molecule has 0 saturated heterocycles. The minimum Gasteiger partial charge on any atom is -0.323 e. The number of hydrogen-bond donors (Lipinski definition) is 1. The van der Waals surface area contributed by atoms with Crippen molar-refractivity contribution in [1.82, 2.24) is 34.3 Å². The molecule has 0 saturated carbocycles. The maximum Gasteiger partial charge on any atom is 0.389 e. The van der Waals surface area contributed by atoms with Crippen LogP contribution in [0, 0.1) is 13.8 Å². The molecule has 4 aromatic heterocycles. The van der Waals surface area contributed by atoms with Crippen molar-refractivity contribution in [3.63, 3.8) is 0 Å². The van der Waals surface area contributed by atoms with E-state index in [1.807, 2.05) is 13.0 Å². The normalized spacial score (nSPS) is 12.2. The van der Waals surface area contributed by atoms with E-state index in [2.05, 4.69) is 30.5 Å². The number of fused-ring (bicyclic) bond motifs is 2. The average molecular weight is 390 g/mol. The molecule has 0 unspecified atom stereocenters. The second kappa shape index (κ2) is 6.73. The highest BCUT2D eigenvalue weighted by molar-refractivity contribution is 5.78. The summed E-state index contributed by atoms with van der Waals surface area (Å²) in [4.78, 5) is 12.9. The highest BCUT2D eigenvalue weighted by Crippen LogP contribution is 2.24. The number of alkyl halides is 3. The standard InChI is InChI=1S/C17H17F3N8/c1-10-6-14-22-9-23-28(14)8-13(10)24-16-21-7-12-11(2)26-27(15(12)25-16)5-3-4-17(18,19)20/h6-9H,3-5H2,1-2H3,(H,21,24,25). The Kier molecular flexibility index (Phi) is 4.36. The van der Waals surface area contributed by atoms with Gasteiger partial charge in [0.1, 0.15) is 6.33 Å². The van der Waals surface area contributed by atoms with Crippen molar-refractivity contribution >= 4 is 28.3 Å². The van der Waals surface area contributed by atoms with Crippen LogP contribution in [-0.4, -0.2) is 40.5 Å². The molecule has 0 fully saturated rings. The van der Waals surface area contributed by atoms with Gasteiger partial charge in [0.25, 0.3) is 0 Å². The van der Waals surface area contributed by atoms with Crippen molar-refractivity contribution in [3.05, 3.63) is 36.0 Å². The molecular weight excluding hydrogens is 373 g/mol. The Morgan fingerprint density at radius 3 is 2.79 bits per heavy atom. The molecule has 4 heterocycles. The highest BCUT2D eigenvalue weighted by atomic mass is 19.4. The van der Waals surface area contributed by atoms with Gasteiger partial charge in [-0.3, -0.25) is 0 Å². The van der Waals surface area contributed by atoms with E-state index in [1.165, 1.54) is 11.0 Å². The molecular formula is C17H17F3N8. The van der Waals surface area contributed by atoms with E-state index in [9.17, 15) is 13.2 Å². The molecule has 0 spiro atoms. The third-order valence-electron chi connectivity index (χ3n) is 4.37. The van der Waals surface area contributed by atoms with Gasteiger partial charge in [-0.15, -0.1) is 0 Å². The lowest BCUT2D eigenvalue weighted by molar-refractivity contribution is -0.135. The first-order valence-electron chi connectivity index (χ1n) is 8.64. The molecule has 4 aromatic rings. The third-order valence-corrected chi connectivity index (χ3v) is 4.37. The van der Waals surface area contributed by atoms with Gasteiger partial charge in [-0.1, -0.05) is 0 Å². The second-order valence-corrected chi connectivity index (χ2v) is 6.52. The van der Waals surface area contributed by atoms with Crippen molar-refractivity contribution in [1.29, 1.82) is 0 Å². The van der Waals surface area contributed by atoms with Crippen LogP contribution in [0.25, 0.3) is 16.7 Å². The van der Waals surface area contributed by atoms with Crippen molar-refractivity contribution in [3.8, 4) is 0 Å². The van der Waals surface area contributed by atoms with E-state index < -0.39 is 12.6 Å². The number of pyridine rings is 1. The van der Waals surface area contributed by atoms with Crippen molar-refractivity contribution in [2.45, 2.75) is 39.4 Å². The maximum absolute atomic E-state index is 12.4. The second-order valence-electron chi connectivity index (χ2n) is 6.52. The SMILES string of the molecule is Cc1cc2ncnn2cc1Nc1ncc2c(C)nn(CCCC(F)(F)F)c2n1. The fourth-order valence-corrected chi connectivity index (χ4v) is 2.96. The van der Waals surface area contributed by atoms with Crippen molar-refractivity contribution in [2.75, 3.05) is 5.32 Å². The van der Waals surface area contributed by atoms with Crippen LogP contribution in [0.3, 0.4) is 0 Å². The molecule has 0 aromatic carbocycles. The van der Waals surface area contributed by atoms with Crippen LogP contribution in [0.15, 0.2) is 24.8 Å². The molecule has 146 valence electrons. The molecule has 8 nitrogen and oxygen atoms in total. The van der Waals surface area contributed by atoms with E-state index in [1.54, 1.807) is 23.8 Å². The molecule has 11 heteroatoms. The van der Waals surface area contributed by atoms with Gasteiger partial charge < -0.3 is 5.32 Å². The molecule has 4 rings (SSSR count). The molecule has 0 bridgehead atoms. The first kappa shape index (κ1) is 18.1. The van der Waals surface area contributed by atoms with Crippen LogP contribution in [-0.2, 0) is 6.54 Å². The number of anilines is 2. The summed E-state index contributed by atoms with van der Waals surface area (Å²) in [6.45, 7) is 3.83. The van der Waals surface area contributed by atoms with Gasteiger partial charge in [0.15, 0.2) is 11.3 Å². The maximum atomic E-state index is 12.4. The largest absolute Gasteiger partial charge is 0.389 e. The number of aryl methyl sites for hydroxylation is 3. The summed E-state index contributed by atoms with van der Waals surface area (Å²) in [7, 11) is 0. The molecule has 0 aliphatic rings. The van der Waals surface area contributed by atoms with E-state index in [4.69, 9.17) is 0 Å². The zero-order valence-corrected chi connectivity index (χ0v) is 15.2. The highest BCUT2D eigenvalue weighted by Gasteiger charge is 2.26. The van der Waals surface area contributed by atoms with E-state index in [0.717, 1.165) is 16.9 Å². The lowest BCUT2D eigenvalue weighted by atomic mass is 10.2. The lowest BCUT2D eigenvalue weighted by Crippen LogP contribution is -2.10. The third kappa shape index (κ3) is 3.59. The van der Waals surface area contributed by atoms with Crippen LogP contribution < -0.4 is 5.32 Å². The fourth-order valence-electron chi connectivity index (χ4n) is 2.96. The molecule has 1 N–H and O–H groups in total. The van der Waals surface area contributed by atoms with Crippen LogP contribution in [0.4, 0.5) is 24.8 Å². The molecule has 0 atom stereocenters. The van der Waals surface area contributed by atoms with Gasteiger partial charge in [0.05, 0.1) is 23.0 Å². The van der Waals surface area contributed by atoms with Crippen LogP contribution in [0.2, 0.25) is 0 Å². The quantitative estimate of drug-likeness (QED) is 0.561. The zero-order valence-electron chi connectivity index (χ0n) is 15.2. The summed E-state index contributed by atoms with van der Waals surface area (Å²) < 4.78 is 40.4. The topological polar surface area (TPSA) is 85.8 Å². The Bertz CT molecular complexity index is 1140. The summed E-state index contributed by atoms with van der Waals surface area (Å²) in [6.07, 6.45) is -0.246. The van der Waals surface area contributed by atoms with Crippen LogP contribution >= 0.6 is 0 Å². The summed E-state index contributed by atoms with van der Waals surface area (Å²) in [5, 5.41) is 12.2. The van der Waals surface area contributed by atoms with Gasteiger partial charge in [-0.25, -0.2) is 19.2 Å². The van der Waals surface area contributed by atoms with Crippen LogP contribution in [0.5, 0.6) is 0 Å². The van der Waals surface area contributed by atoms with E-state index in [-0.39, 0.29) is 13.0 Å². The first-order valence-corrected chi connectivity index (χ1v) is 8.64. The van der Waals surface area contributed by atoms with Crippen molar-refractivity contribution < 1.29 is 13.2 Å².